The molecule has 0 aromatic heterocycles. The molecule has 0 bridgehead atoms. The van der Waals surface area contributed by atoms with E-state index in [0.717, 1.165) is 11.5 Å². The van der Waals surface area contributed by atoms with Crippen LogP contribution >= 0.6 is 0 Å². The quantitative estimate of drug-likeness (QED) is 0.259. The van der Waals surface area contributed by atoms with E-state index in [1.807, 2.05) is 26.0 Å². The minimum absolute atomic E-state index is 0.664. The molecule has 5 rings (SSSR count). The van der Waals surface area contributed by atoms with Crippen LogP contribution in [0.5, 0.6) is 11.5 Å². The zero-order valence-corrected chi connectivity index (χ0v) is 18.5. The standard InChI is InChI=1S/C30H26O2/c1-3-31-26-14-9-21(10-15-26)28-18-13-25-19-23-7-5-6-8-24(23)20-29(25)30(28)22-11-16-27(17-12-22)32-4-2/h5-20H,3-4H2,1-2H3. The van der Waals surface area contributed by atoms with E-state index in [1.165, 1.54) is 43.8 Å². The van der Waals surface area contributed by atoms with E-state index < -0.39 is 0 Å². The summed E-state index contributed by atoms with van der Waals surface area (Å²) in [7, 11) is 0. The fourth-order valence-corrected chi connectivity index (χ4v) is 4.35. The molecule has 0 unspecified atom stereocenters. The molecule has 0 saturated heterocycles. The Kier molecular flexibility index (Phi) is 5.51. The molecule has 5 aromatic carbocycles. The highest BCUT2D eigenvalue weighted by Gasteiger charge is 2.13. The van der Waals surface area contributed by atoms with Crippen LogP contribution in [0, 0.1) is 0 Å². The summed E-state index contributed by atoms with van der Waals surface area (Å²) in [5, 5.41) is 4.99. The summed E-state index contributed by atoms with van der Waals surface area (Å²) in [6.07, 6.45) is 0. The van der Waals surface area contributed by atoms with Crippen LogP contribution in [0.25, 0.3) is 43.8 Å². The molecule has 0 aliphatic heterocycles. The van der Waals surface area contributed by atoms with E-state index in [-0.39, 0.29) is 0 Å². The van der Waals surface area contributed by atoms with Crippen molar-refractivity contribution in [1.29, 1.82) is 0 Å². The van der Waals surface area contributed by atoms with Crippen LogP contribution in [-0.2, 0) is 0 Å². The van der Waals surface area contributed by atoms with E-state index in [4.69, 9.17) is 9.47 Å². The van der Waals surface area contributed by atoms with Gasteiger partial charge in [0.25, 0.3) is 0 Å². The molecule has 0 saturated carbocycles. The second-order valence-corrected chi connectivity index (χ2v) is 7.82. The van der Waals surface area contributed by atoms with Gasteiger partial charge in [0.2, 0.25) is 0 Å². The summed E-state index contributed by atoms with van der Waals surface area (Å²) in [5.74, 6) is 1.79. The van der Waals surface area contributed by atoms with Gasteiger partial charge in [0.15, 0.2) is 0 Å². The van der Waals surface area contributed by atoms with E-state index >= 15 is 0 Å². The van der Waals surface area contributed by atoms with Crippen LogP contribution in [-0.4, -0.2) is 13.2 Å². The lowest BCUT2D eigenvalue weighted by molar-refractivity contribution is 0.340. The van der Waals surface area contributed by atoms with E-state index in [2.05, 4.69) is 84.9 Å². The Bertz CT molecular complexity index is 1370. The topological polar surface area (TPSA) is 18.5 Å². The molecule has 0 fully saturated rings. The summed E-state index contributed by atoms with van der Waals surface area (Å²) < 4.78 is 11.3. The predicted molar refractivity (Wildman–Crippen MR) is 135 cm³/mol. The number of benzene rings is 5. The fourth-order valence-electron chi connectivity index (χ4n) is 4.35. The Hall–Kier alpha value is -3.78. The average molecular weight is 419 g/mol. The Morgan fingerprint density at radius 1 is 0.531 bits per heavy atom. The highest BCUT2D eigenvalue weighted by molar-refractivity contribution is 6.09. The third kappa shape index (κ3) is 3.80. The maximum absolute atomic E-state index is 5.68. The number of hydrogen-bond donors (Lipinski definition) is 0. The van der Waals surface area contributed by atoms with Crippen molar-refractivity contribution < 1.29 is 9.47 Å². The SMILES string of the molecule is CCOc1ccc(-c2ccc3cc4ccccc4cc3c2-c2ccc(OCC)cc2)cc1. The van der Waals surface area contributed by atoms with Crippen molar-refractivity contribution in [2.45, 2.75) is 13.8 Å². The Morgan fingerprint density at radius 2 is 1.09 bits per heavy atom. The zero-order chi connectivity index (χ0) is 21.9. The molecule has 0 N–H and O–H groups in total. The first kappa shape index (κ1) is 20.1. The molecule has 0 amide bonds. The minimum atomic E-state index is 0.664. The van der Waals surface area contributed by atoms with Crippen LogP contribution in [0.2, 0.25) is 0 Å². The Labute approximate surface area is 189 Å². The molecule has 0 atom stereocenters. The molecule has 0 heterocycles. The first-order valence-electron chi connectivity index (χ1n) is 11.2. The molecule has 0 aliphatic carbocycles. The van der Waals surface area contributed by atoms with Gasteiger partial charge in [0, 0.05) is 0 Å². The van der Waals surface area contributed by atoms with Crippen LogP contribution in [0.1, 0.15) is 13.8 Å². The third-order valence-corrected chi connectivity index (χ3v) is 5.82. The normalized spacial score (nSPS) is 11.1. The minimum Gasteiger partial charge on any atom is -0.494 e. The van der Waals surface area contributed by atoms with Crippen LogP contribution in [0.15, 0.2) is 97.1 Å². The van der Waals surface area contributed by atoms with Gasteiger partial charge in [-0.25, -0.2) is 0 Å². The molecule has 0 spiro atoms. The van der Waals surface area contributed by atoms with Crippen LogP contribution in [0.3, 0.4) is 0 Å². The summed E-state index contributed by atoms with van der Waals surface area (Å²) in [6, 6.07) is 34.4. The lowest BCUT2D eigenvalue weighted by atomic mass is 9.88. The van der Waals surface area contributed by atoms with E-state index in [0.29, 0.717) is 13.2 Å². The van der Waals surface area contributed by atoms with Gasteiger partial charge >= 0.3 is 0 Å². The summed E-state index contributed by atoms with van der Waals surface area (Å²) in [4.78, 5) is 0. The molecule has 32 heavy (non-hydrogen) atoms. The van der Waals surface area contributed by atoms with Crippen LogP contribution in [0.4, 0.5) is 0 Å². The van der Waals surface area contributed by atoms with Gasteiger partial charge in [-0.05, 0) is 94.0 Å². The van der Waals surface area contributed by atoms with Gasteiger partial charge in [-0.15, -0.1) is 0 Å². The van der Waals surface area contributed by atoms with Gasteiger partial charge in [-0.1, -0.05) is 60.7 Å². The fraction of sp³-hybridized carbons (Fsp3) is 0.133. The van der Waals surface area contributed by atoms with Crippen molar-refractivity contribution in [2.24, 2.45) is 0 Å². The Balaban J connectivity index is 1.75. The van der Waals surface area contributed by atoms with Crippen LogP contribution < -0.4 is 9.47 Å². The maximum Gasteiger partial charge on any atom is 0.119 e. The first-order valence-corrected chi connectivity index (χ1v) is 11.2. The second-order valence-electron chi connectivity index (χ2n) is 7.82. The number of hydrogen-bond acceptors (Lipinski definition) is 2. The van der Waals surface area contributed by atoms with Gasteiger partial charge in [0.05, 0.1) is 13.2 Å². The predicted octanol–water partition coefficient (Wildman–Crippen LogP) is 8.12. The number of fused-ring (bicyclic) bond motifs is 2. The summed E-state index contributed by atoms with van der Waals surface area (Å²) >= 11 is 0. The highest BCUT2D eigenvalue weighted by atomic mass is 16.5. The molecule has 2 nitrogen and oxygen atoms in total. The van der Waals surface area contributed by atoms with Crippen molar-refractivity contribution in [3.05, 3.63) is 97.1 Å². The average Bonchev–Trinajstić information content (AvgIpc) is 2.84. The van der Waals surface area contributed by atoms with Crippen molar-refractivity contribution in [3.8, 4) is 33.8 Å². The summed E-state index contributed by atoms with van der Waals surface area (Å²) in [5.41, 5.74) is 4.80. The lowest BCUT2D eigenvalue weighted by Crippen LogP contribution is -1.93. The van der Waals surface area contributed by atoms with Crippen molar-refractivity contribution >= 4 is 21.5 Å². The first-order chi connectivity index (χ1) is 15.8. The maximum atomic E-state index is 5.68. The Morgan fingerprint density at radius 3 is 1.69 bits per heavy atom. The lowest BCUT2D eigenvalue weighted by Gasteiger charge is -2.16. The molecule has 158 valence electrons. The summed E-state index contributed by atoms with van der Waals surface area (Å²) in [6.45, 7) is 5.34. The van der Waals surface area contributed by atoms with Gasteiger partial charge in [-0.2, -0.15) is 0 Å². The van der Waals surface area contributed by atoms with Crippen molar-refractivity contribution in [3.63, 3.8) is 0 Å². The third-order valence-electron chi connectivity index (χ3n) is 5.82. The van der Waals surface area contributed by atoms with Gasteiger partial charge in [0.1, 0.15) is 11.5 Å². The van der Waals surface area contributed by atoms with Crippen molar-refractivity contribution in [2.75, 3.05) is 13.2 Å². The zero-order valence-electron chi connectivity index (χ0n) is 18.5. The molecule has 5 aromatic rings. The monoisotopic (exact) mass is 418 g/mol. The molecule has 0 aliphatic rings. The van der Waals surface area contributed by atoms with E-state index in [9.17, 15) is 0 Å². The second kappa shape index (κ2) is 8.76. The molecule has 2 heteroatoms. The molecule has 0 radical (unpaired) electrons. The smallest absolute Gasteiger partial charge is 0.119 e. The molecular formula is C30H26O2. The molecular weight excluding hydrogens is 392 g/mol. The highest BCUT2D eigenvalue weighted by Crippen LogP contribution is 2.40. The van der Waals surface area contributed by atoms with E-state index in [1.54, 1.807) is 0 Å². The number of ether oxygens (including phenoxy) is 2. The van der Waals surface area contributed by atoms with Gasteiger partial charge in [-0.3, -0.25) is 0 Å². The van der Waals surface area contributed by atoms with Crippen molar-refractivity contribution in [1.82, 2.24) is 0 Å². The van der Waals surface area contributed by atoms with Gasteiger partial charge < -0.3 is 9.47 Å². The largest absolute Gasteiger partial charge is 0.494 e. The number of rotatable bonds is 6.